The van der Waals surface area contributed by atoms with Gasteiger partial charge in [-0.3, -0.25) is 9.78 Å². The molecule has 0 unspecified atom stereocenters. The summed E-state index contributed by atoms with van der Waals surface area (Å²) in [4.78, 5) is 24.7. The lowest BCUT2D eigenvalue weighted by Crippen LogP contribution is -2.28. The molecule has 1 aromatic carbocycles. The van der Waals surface area contributed by atoms with E-state index in [-0.39, 0.29) is 11.2 Å². The fourth-order valence-electron chi connectivity index (χ4n) is 2.41. The summed E-state index contributed by atoms with van der Waals surface area (Å²) in [6.45, 7) is 4.78. The van der Waals surface area contributed by atoms with Gasteiger partial charge < -0.3 is 4.57 Å². The van der Waals surface area contributed by atoms with Crippen molar-refractivity contribution >= 4 is 5.57 Å². The fourth-order valence-corrected chi connectivity index (χ4v) is 2.41. The predicted octanol–water partition coefficient (Wildman–Crippen LogP) is 3.20. The maximum absolute atomic E-state index is 11.5. The van der Waals surface area contributed by atoms with Crippen molar-refractivity contribution in [2.45, 2.75) is 38.6 Å². The Balaban J connectivity index is 1.64. The van der Waals surface area contributed by atoms with Crippen molar-refractivity contribution in [1.82, 2.24) is 9.55 Å². The van der Waals surface area contributed by atoms with E-state index in [9.17, 15) is 9.59 Å². The number of aryl methyl sites for hydroxylation is 1. The number of rotatable bonds is 8. The first kappa shape index (κ1) is 16.0. The Bertz CT molecular complexity index is 714. The van der Waals surface area contributed by atoms with Gasteiger partial charge in [0.05, 0.1) is 0 Å². The molecule has 4 nitrogen and oxygen atoms in total. The van der Waals surface area contributed by atoms with E-state index in [1.165, 1.54) is 17.2 Å². The third-order valence-corrected chi connectivity index (χ3v) is 3.71. The molecule has 0 aliphatic heterocycles. The van der Waals surface area contributed by atoms with E-state index in [4.69, 9.17) is 0 Å². The molecule has 0 saturated heterocycles. The number of allylic oxidation sites excluding steroid dienone is 1. The molecule has 1 heterocycles. The number of hydrogen-bond acceptors (Lipinski definition) is 2. The number of hydrogen-bond donors (Lipinski definition) is 1. The summed E-state index contributed by atoms with van der Waals surface area (Å²) >= 11 is 0. The largest absolute Gasteiger partial charge is 0.328 e. The minimum Gasteiger partial charge on any atom is -0.301 e. The lowest BCUT2D eigenvalue weighted by atomic mass is 10.0. The molecule has 0 aliphatic rings. The second-order valence-electron chi connectivity index (χ2n) is 5.44. The molecule has 1 N–H and O–H groups in total. The van der Waals surface area contributed by atoms with Crippen molar-refractivity contribution in [3.8, 4) is 0 Å². The van der Waals surface area contributed by atoms with Crippen LogP contribution in [-0.4, -0.2) is 9.55 Å². The lowest BCUT2D eigenvalue weighted by Gasteiger charge is -2.06. The maximum Gasteiger partial charge on any atom is 0.328 e. The molecular weight excluding hydrogens is 276 g/mol. The van der Waals surface area contributed by atoms with E-state index in [1.54, 1.807) is 10.8 Å². The molecule has 2 aromatic rings. The Labute approximate surface area is 130 Å². The molecule has 1 aromatic heterocycles. The number of aromatic nitrogens is 2. The van der Waals surface area contributed by atoms with Gasteiger partial charge in [0, 0.05) is 18.8 Å². The zero-order valence-corrected chi connectivity index (χ0v) is 12.8. The highest BCUT2D eigenvalue weighted by atomic mass is 16.2. The highest BCUT2D eigenvalue weighted by Crippen LogP contribution is 2.19. The van der Waals surface area contributed by atoms with Crippen molar-refractivity contribution in [1.29, 1.82) is 0 Å². The summed E-state index contributed by atoms with van der Waals surface area (Å²) in [5.74, 6) is 0. The van der Waals surface area contributed by atoms with E-state index in [1.807, 2.05) is 18.2 Å². The van der Waals surface area contributed by atoms with E-state index < -0.39 is 0 Å². The lowest BCUT2D eigenvalue weighted by molar-refractivity contribution is 0.555. The normalized spacial score (nSPS) is 10.5. The molecule has 2 rings (SSSR count). The number of nitrogens with one attached hydrogen (secondary N) is 1. The molecule has 0 amide bonds. The molecule has 0 bridgehead atoms. The second kappa shape index (κ2) is 8.17. The molecule has 0 atom stereocenters. The summed E-state index contributed by atoms with van der Waals surface area (Å²) in [7, 11) is 0. The monoisotopic (exact) mass is 298 g/mol. The van der Waals surface area contributed by atoms with E-state index in [2.05, 4.69) is 23.7 Å². The van der Waals surface area contributed by atoms with Crippen LogP contribution in [0.3, 0.4) is 0 Å². The van der Waals surface area contributed by atoms with Crippen LogP contribution in [0.5, 0.6) is 0 Å². The Morgan fingerprint density at radius 2 is 1.73 bits per heavy atom. The van der Waals surface area contributed by atoms with Crippen LogP contribution in [0.4, 0.5) is 0 Å². The van der Waals surface area contributed by atoms with Crippen molar-refractivity contribution < 1.29 is 0 Å². The number of aromatic amines is 1. The Morgan fingerprint density at radius 3 is 2.45 bits per heavy atom. The standard InChI is InChI=1S/C18H22N2O2/c1-15(16-10-6-4-7-11-16)9-5-2-3-8-13-20-14-12-17(21)19-18(20)22/h4,6-7,10-12,14H,1-3,5,8-9,13H2,(H,19,21,22). The summed E-state index contributed by atoms with van der Waals surface area (Å²) in [6.07, 6.45) is 6.77. The van der Waals surface area contributed by atoms with Gasteiger partial charge in [-0.05, 0) is 30.4 Å². The Kier molecular flexibility index (Phi) is 5.95. The molecule has 22 heavy (non-hydrogen) atoms. The van der Waals surface area contributed by atoms with Crippen LogP contribution < -0.4 is 11.2 Å². The number of benzene rings is 1. The average molecular weight is 298 g/mol. The third-order valence-electron chi connectivity index (χ3n) is 3.71. The van der Waals surface area contributed by atoms with Gasteiger partial charge in [0.15, 0.2) is 0 Å². The molecule has 4 heteroatoms. The Hall–Kier alpha value is -2.36. The number of nitrogens with zero attached hydrogens (tertiary/aromatic N) is 1. The molecule has 0 radical (unpaired) electrons. The van der Waals surface area contributed by atoms with Gasteiger partial charge in [-0.15, -0.1) is 0 Å². The highest BCUT2D eigenvalue weighted by Gasteiger charge is 1.99. The van der Waals surface area contributed by atoms with E-state index in [0.29, 0.717) is 6.54 Å². The first-order valence-corrected chi connectivity index (χ1v) is 7.70. The highest BCUT2D eigenvalue weighted by molar-refractivity contribution is 5.62. The van der Waals surface area contributed by atoms with Crippen LogP contribution in [0.15, 0.2) is 58.8 Å². The first-order valence-electron chi connectivity index (χ1n) is 7.70. The van der Waals surface area contributed by atoms with Gasteiger partial charge in [0.25, 0.3) is 5.56 Å². The summed E-state index contributed by atoms with van der Waals surface area (Å²) in [6, 6.07) is 11.6. The van der Waals surface area contributed by atoms with Crippen molar-refractivity contribution in [2.24, 2.45) is 0 Å². The van der Waals surface area contributed by atoms with Crippen molar-refractivity contribution in [3.63, 3.8) is 0 Å². The van der Waals surface area contributed by atoms with Crippen molar-refractivity contribution in [3.05, 3.63) is 75.6 Å². The summed E-state index contributed by atoms with van der Waals surface area (Å²) in [5.41, 5.74) is 1.71. The minimum atomic E-state index is -0.347. The van der Waals surface area contributed by atoms with Crippen LogP contribution in [0.25, 0.3) is 5.57 Å². The van der Waals surface area contributed by atoms with Gasteiger partial charge in [0.2, 0.25) is 0 Å². The maximum atomic E-state index is 11.5. The van der Waals surface area contributed by atoms with Crippen LogP contribution in [0.2, 0.25) is 0 Å². The van der Waals surface area contributed by atoms with E-state index in [0.717, 1.165) is 32.1 Å². The van der Waals surface area contributed by atoms with Crippen LogP contribution in [0.1, 0.15) is 37.7 Å². The van der Waals surface area contributed by atoms with E-state index >= 15 is 0 Å². The van der Waals surface area contributed by atoms with Gasteiger partial charge in [-0.25, -0.2) is 4.79 Å². The summed E-state index contributed by atoms with van der Waals surface area (Å²) < 4.78 is 1.55. The first-order chi connectivity index (χ1) is 10.7. The topological polar surface area (TPSA) is 54.9 Å². The van der Waals surface area contributed by atoms with Gasteiger partial charge in [0.1, 0.15) is 0 Å². The van der Waals surface area contributed by atoms with Crippen LogP contribution >= 0.6 is 0 Å². The molecule has 0 aliphatic carbocycles. The van der Waals surface area contributed by atoms with Gasteiger partial charge in [-0.2, -0.15) is 0 Å². The third kappa shape index (κ3) is 4.88. The molecular formula is C18H22N2O2. The zero-order chi connectivity index (χ0) is 15.8. The summed E-state index contributed by atoms with van der Waals surface area (Å²) in [5, 5.41) is 0. The van der Waals surface area contributed by atoms with Gasteiger partial charge >= 0.3 is 5.69 Å². The molecule has 0 saturated carbocycles. The van der Waals surface area contributed by atoms with Crippen LogP contribution in [0, 0.1) is 0 Å². The second-order valence-corrected chi connectivity index (χ2v) is 5.44. The van der Waals surface area contributed by atoms with Crippen molar-refractivity contribution in [2.75, 3.05) is 0 Å². The predicted molar refractivity (Wildman–Crippen MR) is 89.9 cm³/mol. The zero-order valence-electron chi connectivity index (χ0n) is 12.8. The number of H-pyrrole nitrogens is 1. The van der Waals surface area contributed by atoms with Crippen LogP contribution in [-0.2, 0) is 6.54 Å². The molecule has 0 fully saturated rings. The SMILES string of the molecule is C=C(CCCCCCn1ccc(=O)[nH]c1=O)c1ccccc1. The quantitative estimate of drug-likeness (QED) is 0.761. The molecule has 116 valence electrons. The number of unbranched alkanes of at least 4 members (excludes halogenated alkanes) is 3. The molecule has 0 spiro atoms. The average Bonchev–Trinajstić information content (AvgIpc) is 2.53. The Morgan fingerprint density at radius 1 is 1.00 bits per heavy atom. The minimum absolute atomic E-state index is 0.329. The van der Waals surface area contributed by atoms with Gasteiger partial charge in [-0.1, -0.05) is 49.8 Å². The fraction of sp³-hybridized carbons (Fsp3) is 0.333. The smallest absolute Gasteiger partial charge is 0.301 e.